The van der Waals surface area contributed by atoms with E-state index in [1.807, 2.05) is 19.1 Å². The van der Waals surface area contributed by atoms with Crippen LogP contribution in [0.5, 0.6) is 0 Å². The average Bonchev–Trinajstić information content (AvgIpc) is 2.72. The number of anilines is 1. The van der Waals surface area contributed by atoms with Crippen molar-refractivity contribution in [3.8, 4) is 11.1 Å². The van der Waals surface area contributed by atoms with E-state index in [-0.39, 0.29) is 5.82 Å². The Morgan fingerprint density at radius 2 is 2.00 bits per heavy atom. The van der Waals surface area contributed by atoms with Crippen LogP contribution in [0, 0.1) is 18.7 Å². The van der Waals surface area contributed by atoms with Gasteiger partial charge in [-0.1, -0.05) is 0 Å². The van der Waals surface area contributed by atoms with Gasteiger partial charge in [-0.3, -0.25) is 4.98 Å². The van der Waals surface area contributed by atoms with Crippen molar-refractivity contribution in [2.45, 2.75) is 19.8 Å². The lowest BCUT2D eigenvalue weighted by molar-refractivity contribution is 0.401. The maximum Gasteiger partial charge on any atom is 0.208 e. The minimum atomic E-state index is -3.18. The third-order valence-electron chi connectivity index (χ3n) is 5.54. The second-order valence-corrected chi connectivity index (χ2v) is 9.63. The molecule has 3 heterocycles. The molecule has 9 heteroatoms. The van der Waals surface area contributed by atoms with E-state index in [0.717, 1.165) is 53.8 Å². The molecule has 158 valence electrons. The van der Waals surface area contributed by atoms with Gasteiger partial charge in [-0.05, 0) is 55.0 Å². The molecular formula is C21H24FN5O2S. The molecule has 0 atom stereocenters. The van der Waals surface area contributed by atoms with Crippen LogP contribution in [0.3, 0.4) is 0 Å². The predicted octanol–water partition coefficient (Wildman–Crippen LogP) is 2.90. The summed E-state index contributed by atoms with van der Waals surface area (Å²) in [5.41, 5.74) is 3.06. The molecule has 4 rings (SSSR count). The van der Waals surface area contributed by atoms with Crippen molar-refractivity contribution in [1.29, 1.82) is 0 Å². The van der Waals surface area contributed by atoms with Crippen molar-refractivity contribution in [1.82, 2.24) is 19.7 Å². The molecular weight excluding hydrogens is 405 g/mol. The summed E-state index contributed by atoms with van der Waals surface area (Å²) < 4.78 is 39.6. The Morgan fingerprint density at radius 1 is 1.23 bits per heavy atom. The van der Waals surface area contributed by atoms with Crippen LogP contribution in [0.1, 0.15) is 18.4 Å². The fourth-order valence-corrected chi connectivity index (χ4v) is 4.51. The molecule has 3 aromatic rings. The second-order valence-electron chi connectivity index (χ2n) is 7.79. The molecule has 0 bridgehead atoms. The van der Waals surface area contributed by atoms with Crippen LogP contribution in [0.2, 0.25) is 0 Å². The van der Waals surface area contributed by atoms with E-state index < -0.39 is 10.0 Å². The van der Waals surface area contributed by atoms with Gasteiger partial charge in [-0.2, -0.15) is 0 Å². The highest BCUT2D eigenvalue weighted by Crippen LogP contribution is 2.33. The first-order chi connectivity index (χ1) is 14.3. The summed E-state index contributed by atoms with van der Waals surface area (Å²) in [5, 5.41) is 0.886. The van der Waals surface area contributed by atoms with E-state index in [1.165, 1.54) is 12.5 Å². The lowest BCUT2D eigenvalue weighted by atomic mass is 9.96. The molecule has 0 aliphatic carbocycles. The number of aryl methyl sites for hydroxylation is 1. The lowest BCUT2D eigenvalue weighted by Gasteiger charge is -2.33. The van der Waals surface area contributed by atoms with Gasteiger partial charge in [0.25, 0.3) is 0 Å². The number of pyridine rings is 1. The monoisotopic (exact) mass is 429 g/mol. The number of benzene rings is 1. The van der Waals surface area contributed by atoms with E-state index in [9.17, 15) is 12.8 Å². The smallest absolute Gasteiger partial charge is 0.208 e. The van der Waals surface area contributed by atoms with E-state index in [4.69, 9.17) is 0 Å². The van der Waals surface area contributed by atoms with E-state index in [0.29, 0.717) is 18.0 Å². The Kier molecular flexibility index (Phi) is 5.66. The minimum absolute atomic E-state index is 0.298. The largest absolute Gasteiger partial charge is 0.356 e. The maximum absolute atomic E-state index is 14.3. The normalized spacial score (nSPS) is 15.6. The molecule has 0 unspecified atom stereocenters. The van der Waals surface area contributed by atoms with Crippen LogP contribution in [0.25, 0.3) is 22.0 Å². The van der Waals surface area contributed by atoms with Gasteiger partial charge in [0, 0.05) is 36.8 Å². The Bertz CT molecular complexity index is 1180. The molecule has 1 saturated heterocycles. The van der Waals surface area contributed by atoms with Crippen LogP contribution in [-0.4, -0.2) is 49.3 Å². The van der Waals surface area contributed by atoms with Crippen molar-refractivity contribution in [2.24, 2.45) is 5.92 Å². The third-order valence-corrected chi connectivity index (χ3v) is 6.23. The summed E-state index contributed by atoms with van der Waals surface area (Å²) in [7, 11) is -3.18. The fourth-order valence-electron chi connectivity index (χ4n) is 3.97. The molecule has 0 saturated carbocycles. The number of nitrogens with one attached hydrogen (secondary N) is 1. The van der Waals surface area contributed by atoms with Crippen molar-refractivity contribution >= 4 is 26.7 Å². The van der Waals surface area contributed by atoms with Crippen molar-refractivity contribution in [3.63, 3.8) is 0 Å². The predicted molar refractivity (Wildman–Crippen MR) is 115 cm³/mol. The molecule has 1 fully saturated rings. The van der Waals surface area contributed by atoms with Gasteiger partial charge in [0.15, 0.2) is 0 Å². The topological polar surface area (TPSA) is 88.1 Å². The summed E-state index contributed by atoms with van der Waals surface area (Å²) in [5.74, 6) is 0.759. The molecule has 0 spiro atoms. The van der Waals surface area contributed by atoms with Gasteiger partial charge >= 0.3 is 0 Å². The quantitative estimate of drug-likeness (QED) is 0.671. The standard InChI is InChI=1S/C21H24FN5O2S/c1-14-9-16(17-3-6-23-12-19(17)22)10-18-20(14)24-13-25-21(18)27-7-4-15(5-8-27)11-26-30(2,28)29/h3,6,9-10,12-13,15,26H,4-5,7-8,11H2,1-2H3. The van der Waals surface area contributed by atoms with Crippen LogP contribution in [0.4, 0.5) is 10.2 Å². The Labute approximate surface area is 175 Å². The van der Waals surface area contributed by atoms with Crippen LogP contribution in [0.15, 0.2) is 36.9 Å². The van der Waals surface area contributed by atoms with Crippen LogP contribution < -0.4 is 9.62 Å². The first kappa shape index (κ1) is 20.6. The number of fused-ring (bicyclic) bond motifs is 1. The highest BCUT2D eigenvalue weighted by atomic mass is 32.2. The zero-order valence-electron chi connectivity index (χ0n) is 17.0. The second kappa shape index (κ2) is 8.23. The zero-order valence-corrected chi connectivity index (χ0v) is 17.8. The molecule has 0 amide bonds. The number of halogens is 1. The van der Waals surface area contributed by atoms with Gasteiger partial charge in [-0.15, -0.1) is 0 Å². The van der Waals surface area contributed by atoms with E-state index >= 15 is 0 Å². The van der Waals surface area contributed by atoms with E-state index in [1.54, 1.807) is 18.6 Å². The molecule has 1 aliphatic rings. The highest BCUT2D eigenvalue weighted by Gasteiger charge is 2.23. The molecule has 1 N–H and O–H groups in total. The first-order valence-electron chi connectivity index (χ1n) is 9.86. The summed E-state index contributed by atoms with van der Waals surface area (Å²) in [4.78, 5) is 15.0. The Balaban J connectivity index is 1.63. The first-order valence-corrected chi connectivity index (χ1v) is 11.8. The van der Waals surface area contributed by atoms with Gasteiger partial charge in [0.05, 0.1) is 18.0 Å². The molecule has 30 heavy (non-hydrogen) atoms. The highest BCUT2D eigenvalue weighted by molar-refractivity contribution is 7.88. The molecule has 7 nitrogen and oxygen atoms in total. The molecule has 1 aliphatic heterocycles. The molecule has 2 aromatic heterocycles. The fraction of sp³-hybridized carbons (Fsp3) is 0.381. The Morgan fingerprint density at radius 3 is 2.70 bits per heavy atom. The zero-order chi connectivity index (χ0) is 21.3. The average molecular weight is 430 g/mol. The van der Waals surface area contributed by atoms with Crippen molar-refractivity contribution < 1.29 is 12.8 Å². The number of sulfonamides is 1. The van der Waals surface area contributed by atoms with Gasteiger partial charge < -0.3 is 4.90 Å². The number of hydrogen-bond acceptors (Lipinski definition) is 6. The third kappa shape index (κ3) is 4.41. The summed E-state index contributed by atoms with van der Waals surface area (Å²) >= 11 is 0. The van der Waals surface area contributed by atoms with Crippen LogP contribution >= 0.6 is 0 Å². The summed E-state index contributed by atoms with van der Waals surface area (Å²) in [6.45, 7) is 3.97. The Hall–Kier alpha value is -2.65. The van der Waals surface area contributed by atoms with E-state index in [2.05, 4.69) is 24.6 Å². The number of aromatic nitrogens is 3. The molecule has 0 radical (unpaired) electrons. The maximum atomic E-state index is 14.3. The SMILES string of the molecule is Cc1cc(-c2ccncc2F)cc2c(N3CCC(CNS(C)(=O)=O)CC3)ncnc12. The van der Waals surface area contributed by atoms with Gasteiger partial charge in [-0.25, -0.2) is 27.5 Å². The van der Waals surface area contributed by atoms with Gasteiger partial charge in [0.2, 0.25) is 10.0 Å². The summed E-state index contributed by atoms with van der Waals surface area (Å²) in [6, 6.07) is 5.54. The number of hydrogen-bond donors (Lipinski definition) is 1. The summed E-state index contributed by atoms with van der Waals surface area (Å²) in [6.07, 6.45) is 7.27. The van der Waals surface area contributed by atoms with Gasteiger partial charge in [0.1, 0.15) is 18.0 Å². The lowest BCUT2D eigenvalue weighted by Crippen LogP contribution is -2.38. The number of nitrogens with zero attached hydrogens (tertiary/aromatic N) is 4. The van der Waals surface area contributed by atoms with Crippen molar-refractivity contribution in [2.75, 3.05) is 30.8 Å². The van der Waals surface area contributed by atoms with Crippen LogP contribution in [-0.2, 0) is 10.0 Å². The number of piperidine rings is 1. The molecule has 1 aromatic carbocycles. The van der Waals surface area contributed by atoms with Crippen molar-refractivity contribution in [3.05, 3.63) is 48.3 Å². The number of rotatable bonds is 5. The minimum Gasteiger partial charge on any atom is -0.356 e.